The first kappa shape index (κ1) is 14.5. The normalized spacial score (nSPS) is 10.5. The maximum absolute atomic E-state index is 11.3. The van der Waals surface area contributed by atoms with Gasteiger partial charge in [0.25, 0.3) is 0 Å². The van der Waals surface area contributed by atoms with Crippen LogP contribution in [-0.4, -0.2) is 5.78 Å². The van der Waals surface area contributed by atoms with Crippen molar-refractivity contribution in [1.29, 1.82) is 0 Å². The Morgan fingerprint density at radius 1 is 0.950 bits per heavy atom. The molecule has 2 aromatic rings. The van der Waals surface area contributed by atoms with Crippen LogP contribution in [0, 0.1) is 0 Å². The molecule has 0 N–H and O–H groups in total. The van der Waals surface area contributed by atoms with E-state index in [1.807, 2.05) is 24.3 Å². The summed E-state index contributed by atoms with van der Waals surface area (Å²) in [7, 11) is 0. The average molecular weight is 266 g/mol. The molecule has 0 saturated heterocycles. The van der Waals surface area contributed by atoms with Crippen LogP contribution in [0.5, 0.6) is 0 Å². The number of carbonyl (C=O) groups excluding carboxylic acids is 1. The molecule has 0 radical (unpaired) electrons. The third kappa shape index (κ3) is 3.80. The average Bonchev–Trinajstić information content (AvgIpc) is 2.48. The van der Waals surface area contributed by atoms with Crippen LogP contribution in [0.3, 0.4) is 0 Å². The summed E-state index contributed by atoms with van der Waals surface area (Å²) in [6.07, 6.45) is 4.94. The zero-order chi connectivity index (χ0) is 14.4. The molecule has 0 saturated carbocycles. The summed E-state index contributed by atoms with van der Waals surface area (Å²) in [5.41, 5.74) is 4.57. The number of benzene rings is 2. The van der Waals surface area contributed by atoms with Gasteiger partial charge in [-0.1, -0.05) is 68.3 Å². The summed E-state index contributed by atoms with van der Waals surface area (Å²) in [4.78, 5) is 11.3. The van der Waals surface area contributed by atoms with Crippen molar-refractivity contribution < 1.29 is 4.79 Å². The van der Waals surface area contributed by atoms with E-state index >= 15 is 0 Å². The first-order valence-electron chi connectivity index (χ1n) is 7.41. The number of carbonyl (C=O) groups is 1. The Balaban J connectivity index is 2.15. The molecular formula is C19H22O. The Morgan fingerprint density at radius 2 is 1.70 bits per heavy atom. The fourth-order valence-electron chi connectivity index (χ4n) is 2.38. The lowest BCUT2D eigenvalue weighted by Gasteiger charge is -2.06. The number of ketones is 1. The zero-order valence-electron chi connectivity index (χ0n) is 12.4. The van der Waals surface area contributed by atoms with E-state index in [0.29, 0.717) is 0 Å². The molecule has 2 aromatic carbocycles. The smallest absolute Gasteiger partial charge is 0.159 e. The van der Waals surface area contributed by atoms with Crippen molar-refractivity contribution in [1.82, 2.24) is 0 Å². The van der Waals surface area contributed by atoms with Crippen LogP contribution >= 0.6 is 0 Å². The molecule has 0 atom stereocenters. The molecule has 0 spiro atoms. The molecule has 104 valence electrons. The number of hydrogen-bond acceptors (Lipinski definition) is 1. The molecule has 0 heterocycles. The third-order valence-corrected chi connectivity index (χ3v) is 3.62. The van der Waals surface area contributed by atoms with Gasteiger partial charge in [0.15, 0.2) is 5.78 Å². The Hall–Kier alpha value is -1.89. The monoisotopic (exact) mass is 266 g/mol. The van der Waals surface area contributed by atoms with Crippen LogP contribution in [0.25, 0.3) is 11.1 Å². The lowest BCUT2D eigenvalue weighted by atomic mass is 9.99. The first-order chi connectivity index (χ1) is 9.70. The molecule has 0 unspecified atom stereocenters. The molecule has 0 aromatic heterocycles. The number of aryl methyl sites for hydroxylation is 1. The van der Waals surface area contributed by atoms with Crippen molar-refractivity contribution in [2.24, 2.45) is 0 Å². The van der Waals surface area contributed by atoms with E-state index in [4.69, 9.17) is 0 Å². The van der Waals surface area contributed by atoms with Crippen LogP contribution in [0.15, 0.2) is 48.5 Å². The molecule has 1 heteroatoms. The maximum Gasteiger partial charge on any atom is 0.159 e. The zero-order valence-corrected chi connectivity index (χ0v) is 12.4. The van der Waals surface area contributed by atoms with Crippen LogP contribution in [0.2, 0.25) is 0 Å². The highest BCUT2D eigenvalue weighted by Crippen LogP contribution is 2.22. The molecule has 2 rings (SSSR count). The SMILES string of the molecule is CCCCCc1cccc(-c2ccc(C(C)=O)cc2)c1. The predicted molar refractivity (Wildman–Crippen MR) is 85.1 cm³/mol. The van der Waals surface area contributed by atoms with Gasteiger partial charge in [0.2, 0.25) is 0 Å². The van der Waals surface area contributed by atoms with Crippen LogP contribution in [0.4, 0.5) is 0 Å². The standard InChI is InChI=1S/C19H22O/c1-3-4-5-7-16-8-6-9-19(14-16)18-12-10-17(11-13-18)15(2)20/h6,8-14H,3-5,7H2,1-2H3. The molecule has 20 heavy (non-hydrogen) atoms. The molecule has 0 amide bonds. The molecular weight excluding hydrogens is 244 g/mol. The van der Waals surface area contributed by atoms with Gasteiger partial charge < -0.3 is 0 Å². The van der Waals surface area contributed by atoms with Crippen LogP contribution < -0.4 is 0 Å². The van der Waals surface area contributed by atoms with E-state index in [1.165, 1.54) is 36.0 Å². The number of Topliss-reactive ketones (excluding diaryl/α,β-unsaturated/α-hetero) is 1. The van der Waals surface area contributed by atoms with Gasteiger partial charge in [0.1, 0.15) is 0 Å². The van der Waals surface area contributed by atoms with Gasteiger partial charge in [-0.05, 0) is 36.5 Å². The Kier molecular flexibility index (Phi) is 5.11. The maximum atomic E-state index is 11.3. The first-order valence-corrected chi connectivity index (χ1v) is 7.41. The second kappa shape index (κ2) is 7.04. The number of rotatable bonds is 6. The fraction of sp³-hybridized carbons (Fsp3) is 0.316. The quantitative estimate of drug-likeness (QED) is 0.513. The van der Waals surface area contributed by atoms with Gasteiger partial charge in [0.05, 0.1) is 0 Å². The summed E-state index contributed by atoms with van der Waals surface area (Å²) in [6, 6.07) is 16.6. The highest BCUT2D eigenvalue weighted by molar-refractivity contribution is 5.94. The van der Waals surface area contributed by atoms with Gasteiger partial charge in [-0.25, -0.2) is 0 Å². The molecule has 0 fully saturated rings. The van der Waals surface area contributed by atoms with Crippen molar-refractivity contribution in [3.63, 3.8) is 0 Å². The van der Waals surface area contributed by atoms with E-state index in [9.17, 15) is 4.79 Å². The van der Waals surface area contributed by atoms with Gasteiger partial charge in [0, 0.05) is 5.56 Å². The third-order valence-electron chi connectivity index (χ3n) is 3.62. The van der Waals surface area contributed by atoms with Crippen molar-refractivity contribution in [2.75, 3.05) is 0 Å². The molecule has 0 aliphatic carbocycles. The van der Waals surface area contributed by atoms with Gasteiger partial charge in [-0.15, -0.1) is 0 Å². The lowest BCUT2D eigenvalue weighted by molar-refractivity contribution is 0.101. The van der Waals surface area contributed by atoms with Crippen LogP contribution in [-0.2, 0) is 6.42 Å². The van der Waals surface area contributed by atoms with Crippen molar-refractivity contribution in [3.05, 3.63) is 59.7 Å². The Morgan fingerprint density at radius 3 is 2.35 bits per heavy atom. The van der Waals surface area contributed by atoms with Crippen molar-refractivity contribution in [3.8, 4) is 11.1 Å². The second-order valence-corrected chi connectivity index (χ2v) is 5.29. The predicted octanol–water partition coefficient (Wildman–Crippen LogP) is 5.29. The van der Waals surface area contributed by atoms with E-state index in [1.54, 1.807) is 6.92 Å². The Labute approximate surface area is 121 Å². The molecule has 0 bridgehead atoms. The Bertz CT molecular complexity index is 567. The minimum absolute atomic E-state index is 0.116. The highest BCUT2D eigenvalue weighted by atomic mass is 16.1. The van der Waals surface area contributed by atoms with Gasteiger partial charge in [-0.2, -0.15) is 0 Å². The van der Waals surface area contributed by atoms with E-state index < -0.39 is 0 Å². The number of hydrogen-bond donors (Lipinski definition) is 0. The van der Waals surface area contributed by atoms with E-state index in [-0.39, 0.29) is 5.78 Å². The van der Waals surface area contributed by atoms with Gasteiger partial charge in [-0.3, -0.25) is 4.79 Å². The highest BCUT2D eigenvalue weighted by Gasteiger charge is 2.02. The van der Waals surface area contributed by atoms with E-state index in [0.717, 1.165) is 12.0 Å². The largest absolute Gasteiger partial charge is 0.295 e. The molecule has 1 nitrogen and oxygen atoms in total. The lowest BCUT2D eigenvalue weighted by Crippen LogP contribution is -1.91. The molecule has 0 aliphatic heterocycles. The summed E-state index contributed by atoms with van der Waals surface area (Å²) in [6.45, 7) is 3.83. The minimum Gasteiger partial charge on any atom is -0.295 e. The van der Waals surface area contributed by atoms with E-state index in [2.05, 4.69) is 31.2 Å². The van der Waals surface area contributed by atoms with Gasteiger partial charge >= 0.3 is 0 Å². The summed E-state index contributed by atoms with van der Waals surface area (Å²) in [5, 5.41) is 0. The minimum atomic E-state index is 0.116. The second-order valence-electron chi connectivity index (χ2n) is 5.29. The topological polar surface area (TPSA) is 17.1 Å². The fourth-order valence-corrected chi connectivity index (χ4v) is 2.38. The molecule has 0 aliphatic rings. The van der Waals surface area contributed by atoms with Crippen molar-refractivity contribution >= 4 is 5.78 Å². The summed E-state index contributed by atoms with van der Waals surface area (Å²) < 4.78 is 0. The van der Waals surface area contributed by atoms with Crippen LogP contribution in [0.1, 0.15) is 49.0 Å². The summed E-state index contributed by atoms with van der Waals surface area (Å²) >= 11 is 0. The van der Waals surface area contributed by atoms with Crippen molar-refractivity contribution in [2.45, 2.75) is 39.5 Å². The number of unbranched alkanes of at least 4 members (excludes halogenated alkanes) is 2. The summed E-state index contributed by atoms with van der Waals surface area (Å²) in [5.74, 6) is 0.116.